The third-order valence-corrected chi connectivity index (χ3v) is 5.44. The van der Waals surface area contributed by atoms with E-state index in [4.69, 9.17) is 4.74 Å². The molecule has 1 unspecified atom stereocenters. The van der Waals surface area contributed by atoms with Crippen LogP contribution in [-0.2, 0) is 6.54 Å². The Morgan fingerprint density at radius 1 is 1.21 bits per heavy atom. The lowest BCUT2D eigenvalue weighted by molar-refractivity contribution is -0.153. The van der Waals surface area contributed by atoms with Crippen LogP contribution in [0.5, 0.6) is 5.75 Å². The van der Waals surface area contributed by atoms with Gasteiger partial charge < -0.3 is 15.4 Å². The van der Waals surface area contributed by atoms with Gasteiger partial charge in [-0.3, -0.25) is 9.89 Å². The van der Waals surface area contributed by atoms with E-state index in [2.05, 4.69) is 20.5 Å². The summed E-state index contributed by atoms with van der Waals surface area (Å²) in [6.45, 7) is 1.16. The monoisotopic (exact) mass is 398 g/mol. The minimum absolute atomic E-state index is 0.232. The van der Waals surface area contributed by atoms with Crippen molar-refractivity contribution in [1.29, 1.82) is 0 Å². The molecule has 1 aromatic rings. The van der Waals surface area contributed by atoms with E-state index in [1.54, 1.807) is 31.3 Å². The zero-order chi connectivity index (χ0) is 20.0. The SMILES string of the molecule is CN=C(NCc1ccccc1OCC(F)(F)F)NC1CCN(C2CCCC2)C1. The van der Waals surface area contributed by atoms with Crippen LogP contribution in [0.1, 0.15) is 37.7 Å². The van der Waals surface area contributed by atoms with Crippen molar-refractivity contribution in [3.63, 3.8) is 0 Å². The third-order valence-electron chi connectivity index (χ3n) is 5.44. The van der Waals surface area contributed by atoms with Gasteiger partial charge in [-0.2, -0.15) is 13.2 Å². The van der Waals surface area contributed by atoms with Gasteiger partial charge in [0.25, 0.3) is 0 Å². The van der Waals surface area contributed by atoms with Gasteiger partial charge in [-0.15, -0.1) is 0 Å². The van der Waals surface area contributed by atoms with Crippen molar-refractivity contribution in [3.05, 3.63) is 29.8 Å². The van der Waals surface area contributed by atoms with E-state index in [-0.39, 0.29) is 5.75 Å². The number of likely N-dealkylation sites (tertiary alicyclic amines) is 1. The minimum atomic E-state index is -4.36. The van der Waals surface area contributed by atoms with Gasteiger partial charge in [-0.25, -0.2) is 0 Å². The van der Waals surface area contributed by atoms with Gasteiger partial charge in [0, 0.05) is 44.3 Å². The molecule has 2 fully saturated rings. The molecule has 156 valence electrons. The smallest absolute Gasteiger partial charge is 0.422 e. The number of alkyl halides is 3. The Hall–Kier alpha value is -1.96. The second-order valence-corrected chi connectivity index (χ2v) is 7.50. The van der Waals surface area contributed by atoms with Crippen LogP contribution in [0.25, 0.3) is 0 Å². The van der Waals surface area contributed by atoms with Crippen LogP contribution in [0.3, 0.4) is 0 Å². The molecule has 0 amide bonds. The summed E-state index contributed by atoms with van der Waals surface area (Å²) in [7, 11) is 1.70. The van der Waals surface area contributed by atoms with Gasteiger partial charge in [-0.1, -0.05) is 31.0 Å². The quantitative estimate of drug-likeness (QED) is 0.570. The maximum Gasteiger partial charge on any atom is 0.422 e. The van der Waals surface area contributed by atoms with E-state index in [0.717, 1.165) is 25.6 Å². The van der Waals surface area contributed by atoms with Crippen LogP contribution in [0.2, 0.25) is 0 Å². The first kappa shape index (κ1) is 20.8. The van der Waals surface area contributed by atoms with Crippen molar-refractivity contribution >= 4 is 5.96 Å². The first-order valence-corrected chi connectivity index (χ1v) is 9.93. The van der Waals surface area contributed by atoms with Gasteiger partial charge in [0.15, 0.2) is 12.6 Å². The van der Waals surface area contributed by atoms with Crippen molar-refractivity contribution < 1.29 is 17.9 Å². The van der Waals surface area contributed by atoms with E-state index in [9.17, 15) is 13.2 Å². The van der Waals surface area contributed by atoms with Crippen LogP contribution < -0.4 is 15.4 Å². The third kappa shape index (κ3) is 6.02. The molecule has 5 nitrogen and oxygen atoms in total. The number of halogens is 3. The Labute approximate surface area is 164 Å². The first-order valence-electron chi connectivity index (χ1n) is 9.93. The summed E-state index contributed by atoms with van der Waals surface area (Å²) < 4.78 is 42.3. The number of hydrogen-bond acceptors (Lipinski definition) is 3. The molecular weight excluding hydrogens is 369 g/mol. The number of nitrogens with zero attached hydrogens (tertiary/aromatic N) is 2. The number of benzene rings is 1. The Balaban J connectivity index is 1.49. The molecule has 28 heavy (non-hydrogen) atoms. The van der Waals surface area contributed by atoms with Crippen molar-refractivity contribution in [1.82, 2.24) is 15.5 Å². The van der Waals surface area contributed by atoms with Crippen LogP contribution in [0.4, 0.5) is 13.2 Å². The van der Waals surface area contributed by atoms with E-state index < -0.39 is 12.8 Å². The van der Waals surface area contributed by atoms with E-state index in [0.29, 0.717) is 24.1 Å². The van der Waals surface area contributed by atoms with Crippen LogP contribution in [0.15, 0.2) is 29.3 Å². The number of aliphatic imine (C=N–C) groups is 1. The Morgan fingerprint density at radius 2 is 1.96 bits per heavy atom. The van der Waals surface area contributed by atoms with Crippen LogP contribution in [-0.4, -0.2) is 55.9 Å². The summed E-state index contributed by atoms with van der Waals surface area (Å²) in [5.41, 5.74) is 0.661. The number of ether oxygens (including phenoxy) is 1. The summed E-state index contributed by atoms with van der Waals surface area (Å²) >= 11 is 0. The average molecular weight is 398 g/mol. The van der Waals surface area contributed by atoms with Crippen molar-refractivity contribution in [3.8, 4) is 5.75 Å². The summed E-state index contributed by atoms with van der Waals surface area (Å²) in [6.07, 6.45) is 1.98. The molecule has 1 aromatic carbocycles. The fourth-order valence-corrected chi connectivity index (χ4v) is 4.02. The molecule has 2 aliphatic rings. The topological polar surface area (TPSA) is 48.9 Å². The second kappa shape index (κ2) is 9.49. The lowest BCUT2D eigenvalue weighted by atomic mass is 10.2. The predicted octanol–water partition coefficient (Wildman–Crippen LogP) is 3.31. The molecule has 1 aliphatic heterocycles. The molecule has 3 rings (SSSR count). The molecule has 1 aliphatic carbocycles. The molecule has 0 radical (unpaired) electrons. The number of nitrogens with one attached hydrogen (secondary N) is 2. The van der Waals surface area contributed by atoms with Crippen molar-refractivity contribution in [2.24, 2.45) is 4.99 Å². The molecule has 8 heteroatoms. The highest BCUT2D eigenvalue weighted by Gasteiger charge is 2.30. The van der Waals surface area contributed by atoms with Gasteiger partial charge in [0.2, 0.25) is 0 Å². The maximum atomic E-state index is 12.4. The highest BCUT2D eigenvalue weighted by atomic mass is 19.4. The molecule has 1 saturated heterocycles. The lowest BCUT2D eigenvalue weighted by Gasteiger charge is -2.24. The van der Waals surface area contributed by atoms with Crippen molar-refractivity contribution in [2.75, 3.05) is 26.7 Å². The van der Waals surface area contributed by atoms with Gasteiger partial charge in [0.1, 0.15) is 5.75 Å². The summed E-state index contributed by atoms with van der Waals surface area (Å²) in [5.74, 6) is 0.889. The highest BCUT2D eigenvalue weighted by molar-refractivity contribution is 5.80. The van der Waals surface area contributed by atoms with Crippen LogP contribution >= 0.6 is 0 Å². The Morgan fingerprint density at radius 3 is 2.68 bits per heavy atom. The molecule has 0 aromatic heterocycles. The first-order chi connectivity index (χ1) is 13.4. The van der Waals surface area contributed by atoms with Gasteiger partial charge in [0.05, 0.1) is 0 Å². The standard InChI is InChI=1S/C20H29F3N4O/c1-24-19(26-16-10-11-27(13-16)17-7-3-4-8-17)25-12-15-6-2-5-9-18(15)28-14-20(21,22)23/h2,5-6,9,16-17H,3-4,7-8,10-14H2,1H3,(H2,24,25,26). The molecule has 0 spiro atoms. The maximum absolute atomic E-state index is 12.4. The molecule has 0 bridgehead atoms. The summed E-state index contributed by atoms with van der Waals surface area (Å²) in [6, 6.07) is 7.81. The second-order valence-electron chi connectivity index (χ2n) is 7.50. The highest BCUT2D eigenvalue weighted by Crippen LogP contribution is 2.26. The molecule has 1 heterocycles. The van der Waals surface area contributed by atoms with Crippen molar-refractivity contribution in [2.45, 2.75) is 56.9 Å². The zero-order valence-electron chi connectivity index (χ0n) is 16.3. The fraction of sp³-hybridized carbons (Fsp3) is 0.650. The minimum Gasteiger partial charge on any atom is -0.484 e. The van der Waals surface area contributed by atoms with Crippen LogP contribution in [0, 0.1) is 0 Å². The number of rotatable bonds is 6. The summed E-state index contributed by atoms with van der Waals surface area (Å²) in [4.78, 5) is 6.83. The lowest BCUT2D eigenvalue weighted by Crippen LogP contribution is -2.45. The number of para-hydroxylation sites is 1. The van der Waals surface area contributed by atoms with Gasteiger partial charge in [-0.05, 0) is 25.3 Å². The Kier molecular flexibility index (Phi) is 7.04. The number of hydrogen-bond donors (Lipinski definition) is 2. The fourth-order valence-electron chi connectivity index (χ4n) is 4.02. The average Bonchev–Trinajstić information content (AvgIpc) is 3.35. The summed E-state index contributed by atoms with van der Waals surface area (Å²) in [5, 5.41) is 6.64. The van der Waals surface area contributed by atoms with E-state index >= 15 is 0 Å². The Bertz CT molecular complexity index is 659. The van der Waals surface area contributed by atoms with E-state index in [1.807, 2.05) is 0 Å². The molecular formula is C20H29F3N4O. The predicted molar refractivity (Wildman–Crippen MR) is 104 cm³/mol. The molecule has 2 N–H and O–H groups in total. The zero-order valence-corrected chi connectivity index (χ0v) is 16.3. The molecule has 1 saturated carbocycles. The largest absolute Gasteiger partial charge is 0.484 e. The number of guanidine groups is 1. The van der Waals surface area contributed by atoms with E-state index in [1.165, 1.54) is 25.7 Å². The molecule has 1 atom stereocenters. The van der Waals surface area contributed by atoms with Gasteiger partial charge >= 0.3 is 6.18 Å². The normalized spacial score (nSPS) is 21.9.